The molecule has 1 aliphatic rings. The fraction of sp³-hybridized carbons (Fsp3) is 0.192. The molecular weight excluding hydrogens is 422 g/mol. The highest BCUT2D eigenvalue weighted by atomic mass is 35.5. The summed E-state index contributed by atoms with van der Waals surface area (Å²) in [6.45, 7) is 5.01. The Morgan fingerprint density at radius 1 is 0.938 bits per heavy atom. The predicted octanol–water partition coefficient (Wildman–Crippen LogP) is 4.89. The van der Waals surface area contributed by atoms with Crippen molar-refractivity contribution in [1.29, 1.82) is 0 Å². The Balaban J connectivity index is 1.77. The SMILES string of the molecule is CCN(CCc1ccncc1)C1=C(c2ccccc2)C(=O)N(c2cccc(Cl)c2C)C1=O. The van der Waals surface area contributed by atoms with E-state index in [0.717, 1.165) is 17.5 Å². The number of benzene rings is 2. The van der Waals surface area contributed by atoms with Gasteiger partial charge in [-0.25, -0.2) is 4.90 Å². The van der Waals surface area contributed by atoms with Crippen molar-refractivity contribution >= 4 is 34.7 Å². The number of hydrogen-bond acceptors (Lipinski definition) is 4. The van der Waals surface area contributed by atoms with E-state index in [-0.39, 0.29) is 11.8 Å². The summed E-state index contributed by atoms with van der Waals surface area (Å²) >= 11 is 6.31. The van der Waals surface area contributed by atoms with E-state index in [2.05, 4.69) is 4.98 Å². The van der Waals surface area contributed by atoms with Crippen molar-refractivity contribution in [2.75, 3.05) is 18.0 Å². The van der Waals surface area contributed by atoms with Gasteiger partial charge < -0.3 is 4.90 Å². The van der Waals surface area contributed by atoms with E-state index in [4.69, 9.17) is 11.6 Å². The molecule has 1 aliphatic heterocycles. The highest BCUT2D eigenvalue weighted by molar-refractivity contribution is 6.46. The molecule has 0 unspecified atom stereocenters. The van der Waals surface area contributed by atoms with Crippen LogP contribution < -0.4 is 4.90 Å². The lowest BCUT2D eigenvalue weighted by atomic mass is 10.0. The number of likely N-dealkylation sites (N-methyl/N-ethyl adjacent to an activating group) is 1. The average Bonchev–Trinajstić information content (AvgIpc) is 3.07. The number of aromatic nitrogens is 1. The summed E-state index contributed by atoms with van der Waals surface area (Å²) in [5, 5.41) is 0.517. The van der Waals surface area contributed by atoms with E-state index >= 15 is 0 Å². The summed E-state index contributed by atoms with van der Waals surface area (Å²) < 4.78 is 0. The van der Waals surface area contributed by atoms with Crippen LogP contribution in [-0.4, -0.2) is 34.8 Å². The molecule has 0 spiro atoms. The highest BCUT2D eigenvalue weighted by Crippen LogP contribution is 2.37. The van der Waals surface area contributed by atoms with Gasteiger partial charge in [-0.15, -0.1) is 0 Å². The molecule has 0 saturated carbocycles. The first-order valence-electron chi connectivity index (χ1n) is 10.6. The lowest BCUT2D eigenvalue weighted by Crippen LogP contribution is -2.36. The second kappa shape index (κ2) is 9.37. The summed E-state index contributed by atoms with van der Waals surface area (Å²) in [6, 6.07) is 18.6. The minimum absolute atomic E-state index is 0.323. The van der Waals surface area contributed by atoms with Crippen LogP contribution in [0.2, 0.25) is 5.02 Å². The van der Waals surface area contributed by atoms with E-state index in [1.54, 1.807) is 30.6 Å². The van der Waals surface area contributed by atoms with Gasteiger partial charge in [0.05, 0.1) is 11.3 Å². The van der Waals surface area contributed by atoms with Crippen molar-refractivity contribution < 1.29 is 9.59 Å². The first kappa shape index (κ1) is 21.8. The van der Waals surface area contributed by atoms with Crippen molar-refractivity contribution in [3.05, 3.63) is 100 Å². The minimum atomic E-state index is -0.330. The summed E-state index contributed by atoms with van der Waals surface area (Å²) in [5.74, 6) is -0.653. The van der Waals surface area contributed by atoms with Gasteiger partial charge in [0.15, 0.2) is 0 Å². The van der Waals surface area contributed by atoms with Gasteiger partial charge in [0.1, 0.15) is 5.70 Å². The molecular formula is C26H24ClN3O2. The number of imide groups is 1. The van der Waals surface area contributed by atoms with Gasteiger partial charge in [0.25, 0.3) is 11.8 Å². The van der Waals surface area contributed by atoms with E-state index < -0.39 is 0 Å². The fourth-order valence-corrected chi connectivity index (χ4v) is 4.14. The number of carbonyl (C=O) groups is 2. The number of amides is 2. The highest BCUT2D eigenvalue weighted by Gasteiger charge is 2.42. The number of pyridine rings is 1. The Bertz CT molecular complexity index is 1180. The van der Waals surface area contributed by atoms with Gasteiger partial charge >= 0.3 is 0 Å². The molecule has 0 N–H and O–H groups in total. The first-order chi connectivity index (χ1) is 15.5. The number of hydrogen-bond donors (Lipinski definition) is 0. The second-order valence-corrected chi connectivity index (χ2v) is 8.01. The van der Waals surface area contributed by atoms with Crippen LogP contribution in [0.4, 0.5) is 5.69 Å². The Morgan fingerprint density at radius 3 is 2.34 bits per heavy atom. The summed E-state index contributed by atoms with van der Waals surface area (Å²) in [4.78, 5) is 34.7. The molecule has 5 nitrogen and oxygen atoms in total. The summed E-state index contributed by atoms with van der Waals surface area (Å²) in [7, 11) is 0. The second-order valence-electron chi connectivity index (χ2n) is 7.60. The zero-order chi connectivity index (χ0) is 22.7. The van der Waals surface area contributed by atoms with E-state index in [1.165, 1.54) is 4.90 Å². The quantitative estimate of drug-likeness (QED) is 0.486. The number of nitrogens with zero attached hydrogens (tertiary/aromatic N) is 3. The van der Waals surface area contributed by atoms with Crippen LogP contribution in [-0.2, 0) is 16.0 Å². The van der Waals surface area contributed by atoms with Crippen LogP contribution in [0.25, 0.3) is 5.57 Å². The number of carbonyl (C=O) groups excluding carboxylic acids is 2. The largest absolute Gasteiger partial charge is 0.366 e. The van der Waals surface area contributed by atoms with Crippen LogP contribution in [0.5, 0.6) is 0 Å². The molecule has 0 aliphatic carbocycles. The molecule has 32 heavy (non-hydrogen) atoms. The molecule has 0 fully saturated rings. The smallest absolute Gasteiger partial charge is 0.282 e. The lowest BCUT2D eigenvalue weighted by Gasteiger charge is -2.25. The molecule has 1 aromatic heterocycles. The third-order valence-corrected chi connectivity index (χ3v) is 6.13. The summed E-state index contributed by atoms with van der Waals surface area (Å²) in [6.07, 6.45) is 4.25. The molecule has 162 valence electrons. The van der Waals surface area contributed by atoms with Crippen molar-refractivity contribution in [2.45, 2.75) is 20.3 Å². The lowest BCUT2D eigenvalue weighted by molar-refractivity contribution is -0.120. The summed E-state index contributed by atoms with van der Waals surface area (Å²) in [5.41, 5.74) is 3.92. The Hall–Kier alpha value is -3.44. The van der Waals surface area contributed by atoms with E-state index in [9.17, 15) is 9.59 Å². The van der Waals surface area contributed by atoms with Crippen LogP contribution in [0.15, 0.2) is 78.8 Å². The number of rotatable bonds is 7. The molecule has 0 atom stereocenters. The van der Waals surface area contributed by atoms with Gasteiger partial charge in [0.2, 0.25) is 0 Å². The van der Waals surface area contributed by atoms with Crippen LogP contribution in [0.3, 0.4) is 0 Å². The van der Waals surface area contributed by atoms with Crippen molar-refractivity contribution in [3.8, 4) is 0 Å². The van der Waals surface area contributed by atoms with Gasteiger partial charge in [0, 0.05) is 30.5 Å². The van der Waals surface area contributed by atoms with Gasteiger partial charge in [-0.3, -0.25) is 14.6 Å². The third kappa shape index (κ3) is 4.04. The fourth-order valence-electron chi connectivity index (χ4n) is 3.98. The average molecular weight is 446 g/mol. The standard InChI is InChI=1S/C26H24ClN3O2/c1-3-29(17-14-19-12-15-28-16-13-19)24-23(20-8-5-4-6-9-20)25(31)30(26(24)32)22-11-7-10-21(27)18(22)2/h4-13,15-16H,3,14,17H2,1-2H3. The Kier molecular flexibility index (Phi) is 6.37. The Morgan fingerprint density at radius 2 is 1.66 bits per heavy atom. The molecule has 0 bridgehead atoms. The first-order valence-corrected chi connectivity index (χ1v) is 11.0. The number of anilines is 1. The van der Waals surface area contributed by atoms with Crippen LogP contribution >= 0.6 is 11.6 Å². The maximum atomic E-state index is 13.7. The van der Waals surface area contributed by atoms with E-state index in [1.807, 2.05) is 61.2 Å². The van der Waals surface area contributed by atoms with Crippen molar-refractivity contribution in [1.82, 2.24) is 9.88 Å². The van der Waals surface area contributed by atoms with Gasteiger partial charge in [-0.2, -0.15) is 0 Å². The zero-order valence-electron chi connectivity index (χ0n) is 18.1. The minimum Gasteiger partial charge on any atom is -0.366 e. The number of halogens is 1. The molecule has 0 saturated heterocycles. The zero-order valence-corrected chi connectivity index (χ0v) is 18.8. The van der Waals surface area contributed by atoms with Crippen molar-refractivity contribution in [2.24, 2.45) is 0 Å². The monoisotopic (exact) mass is 445 g/mol. The normalized spacial score (nSPS) is 13.8. The Labute approximate surface area is 193 Å². The van der Waals surface area contributed by atoms with Crippen molar-refractivity contribution in [3.63, 3.8) is 0 Å². The molecule has 2 aromatic carbocycles. The molecule has 4 rings (SSSR count). The molecule has 0 radical (unpaired) electrons. The van der Waals surface area contributed by atoms with Crippen LogP contribution in [0, 0.1) is 6.92 Å². The maximum absolute atomic E-state index is 13.7. The van der Waals surface area contributed by atoms with Crippen LogP contribution in [0.1, 0.15) is 23.6 Å². The maximum Gasteiger partial charge on any atom is 0.282 e. The van der Waals surface area contributed by atoms with Gasteiger partial charge in [-0.1, -0.05) is 48.0 Å². The third-order valence-electron chi connectivity index (χ3n) is 5.72. The molecule has 2 amide bonds. The van der Waals surface area contributed by atoms with Gasteiger partial charge in [-0.05, 0) is 61.2 Å². The van der Waals surface area contributed by atoms with E-state index in [0.29, 0.717) is 40.6 Å². The topological polar surface area (TPSA) is 53.5 Å². The molecule has 3 aromatic rings. The molecule has 6 heteroatoms. The predicted molar refractivity (Wildman–Crippen MR) is 127 cm³/mol. The molecule has 2 heterocycles.